The van der Waals surface area contributed by atoms with Crippen LogP contribution in [-0.2, 0) is 21.1 Å². The molecule has 4 nitrogen and oxygen atoms in total. The van der Waals surface area contributed by atoms with Gasteiger partial charge in [0.1, 0.15) is 6.66 Å². The quantitative estimate of drug-likeness (QED) is 0.463. The van der Waals surface area contributed by atoms with Crippen molar-refractivity contribution < 1.29 is 9.32 Å². The molecule has 58 valence electrons. The minimum atomic E-state index is -0.849. The highest BCUT2D eigenvalue weighted by Crippen LogP contribution is 2.14. The van der Waals surface area contributed by atoms with Crippen molar-refractivity contribution in [2.24, 2.45) is 0 Å². The average molecular weight is 181 g/mol. The number of hydrazine groups is 1. The van der Waals surface area contributed by atoms with Crippen LogP contribution in [0.5, 0.6) is 0 Å². The first-order valence-corrected chi connectivity index (χ1v) is 5.38. The van der Waals surface area contributed by atoms with Crippen LogP contribution in [0.1, 0.15) is 0 Å². The van der Waals surface area contributed by atoms with E-state index in [1.54, 1.807) is 13.7 Å². The van der Waals surface area contributed by atoms with Crippen LogP contribution in [0, 0.1) is 0 Å². The van der Waals surface area contributed by atoms with Crippen LogP contribution in [0.25, 0.3) is 0 Å². The molecule has 2 N–H and O–H groups in total. The van der Waals surface area contributed by atoms with Gasteiger partial charge in [-0.1, -0.05) is 0 Å². The maximum Gasteiger partial charge on any atom is 0.334 e. The third-order valence-corrected chi connectivity index (χ3v) is 1.45. The summed E-state index contributed by atoms with van der Waals surface area (Å²) in [7, 11) is 1.61. The van der Waals surface area contributed by atoms with Gasteiger partial charge in [0, 0.05) is 7.05 Å². The molecule has 0 saturated carbocycles. The third-order valence-electron chi connectivity index (χ3n) is 0.642. The summed E-state index contributed by atoms with van der Waals surface area (Å²) in [6.45, 7) is 0.947. The lowest BCUT2D eigenvalue weighted by Gasteiger charge is -1.97. The summed E-state index contributed by atoms with van der Waals surface area (Å²) in [6, 6.07) is 0. The van der Waals surface area contributed by atoms with E-state index in [-0.39, 0.29) is 12.5 Å². The van der Waals surface area contributed by atoms with Gasteiger partial charge >= 0.3 is 6.92 Å². The average Bonchev–Trinajstić information content (AvgIpc) is 1.85. The van der Waals surface area contributed by atoms with Crippen LogP contribution in [0.3, 0.4) is 0 Å². The van der Waals surface area contributed by atoms with E-state index in [0.717, 1.165) is 0 Å². The Kier molecular flexibility index (Phi) is 5.63. The molecule has 0 aromatic heterocycles. The Bertz CT molecular complexity index is 141. The van der Waals surface area contributed by atoms with E-state index in [1.807, 2.05) is 0 Å². The Morgan fingerprint density at radius 1 is 1.80 bits per heavy atom. The summed E-state index contributed by atoms with van der Waals surface area (Å²) in [4.78, 5) is 10.6. The fourth-order valence-corrected chi connectivity index (χ4v) is 0.782. The lowest BCUT2D eigenvalue weighted by molar-refractivity contribution is -0.123. The van der Waals surface area contributed by atoms with Crippen molar-refractivity contribution in [3.8, 4) is 0 Å². The maximum atomic E-state index is 10.6. The second-order valence-electron chi connectivity index (χ2n) is 1.51. The lowest BCUT2D eigenvalue weighted by atomic mass is 10.7. The highest BCUT2D eigenvalue weighted by atomic mass is 32.4. The second-order valence-corrected chi connectivity index (χ2v) is 4.19. The fraction of sp³-hybridized carbons (Fsp3) is 0.750. The topological polar surface area (TPSA) is 50.4 Å². The van der Waals surface area contributed by atoms with Crippen LogP contribution in [-0.4, -0.2) is 26.2 Å². The van der Waals surface area contributed by atoms with Crippen LogP contribution in [0.4, 0.5) is 0 Å². The van der Waals surface area contributed by atoms with Gasteiger partial charge in [0.15, 0.2) is 18.4 Å². The summed E-state index contributed by atoms with van der Waals surface area (Å²) >= 11 is 4.72. The summed E-state index contributed by atoms with van der Waals surface area (Å²) in [5.74, 6) is -0.207. The van der Waals surface area contributed by atoms with Crippen molar-refractivity contribution in [2.45, 2.75) is 0 Å². The number of rotatable bonds is 4. The van der Waals surface area contributed by atoms with E-state index < -0.39 is 6.92 Å². The van der Waals surface area contributed by atoms with Crippen LogP contribution < -0.4 is 10.9 Å². The van der Waals surface area contributed by atoms with Crippen LogP contribution >= 0.6 is 6.92 Å². The predicted molar refractivity (Wildman–Crippen MR) is 43.4 cm³/mol. The third kappa shape index (κ3) is 6.04. The zero-order chi connectivity index (χ0) is 7.98. The Labute approximate surface area is 65.8 Å². The summed E-state index contributed by atoms with van der Waals surface area (Å²) in [5, 5.41) is 0. The van der Waals surface area contributed by atoms with E-state index in [9.17, 15) is 4.79 Å². The first-order valence-electron chi connectivity index (χ1n) is 2.66. The van der Waals surface area contributed by atoms with Crippen molar-refractivity contribution in [3.63, 3.8) is 0 Å². The van der Waals surface area contributed by atoms with Crippen LogP contribution in [0.2, 0.25) is 0 Å². The van der Waals surface area contributed by atoms with Gasteiger partial charge in [-0.2, -0.15) is 4.52 Å². The first-order chi connectivity index (χ1) is 4.66. The molecular formula is C4H10N2O2PS+. The molecule has 1 unspecified atom stereocenters. The van der Waals surface area contributed by atoms with Gasteiger partial charge in [-0.05, 0) is 0 Å². The molecule has 0 heterocycles. The molecule has 0 saturated heterocycles. The minimum absolute atomic E-state index is 0.0343. The molecule has 0 fully saturated rings. The maximum absolute atomic E-state index is 10.6. The standard InChI is InChI=1S/C4H9N2O2PS/c1-5-6-4(7)3-8-9(2)10/h5H,3H2,1-2H3/p+1. The van der Waals surface area contributed by atoms with Gasteiger partial charge in [0.25, 0.3) is 5.91 Å². The number of carbonyl (C=O) groups is 1. The molecular weight excluding hydrogens is 171 g/mol. The highest BCUT2D eigenvalue weighted by molar-refractivity contribution is 8.02. The van der Waals surface area contributed by atoms with Crippen molar-refractivity contribution in [1.29, 1.82) is 0 Å². The van der Waals surface area contributed by atoms with E-state index >= 15 is 0 Å². The molecule has 0 aromatic rings. The molecule has 0 radical (unpaired) electrons. The van der Waals surface area contributed by atoms with E-state index in [4.69, 9.17) is 16.3 Å². The smallest absolute Gasteiger partial charge is 0.290 e. The zero-order valence-electron chi connectivity index (χ0n) is 5.88. The monoisotopic (exact) mass is 181 g/mol. The van der Waals surface area contributed by atoms with E-state index in [2.05, 4.69) is 10.9 Å². The Balaban J connectivity index is 3.30. The molecule has 6 heteroatoms. The summed E-state index contributed by atoms with van der Waals surface area (Å²) in [6.07, 6.45) is 0. The molecule has 0 rings (SSSR count). The van der Waals surface area contributed by atoms with Crippen molar-refractivity contribution in [3.05, 3.63) is 0 Å². The predicted octanol–water partition coefficient (Wildman–Crippen LogP) is -0.258. The molecule has 0 spiro atoms. The summed E-state index contributed by atoms with van der Waals surface area (Å²) < 4.78 is 4.88. The largest absolute Gasteiger partial charge is 0.334 e. The zero-order valence-corrected chi connectivity index (χ0v) is 7.59. The SMILES string of the molecule is CNNC(=O)CO[P+](C)=S. The number of carbonyl (C=O) groups excluding carboxylic acids is 1. The molecule has 0 aliphatic carbocycles. The Morgan fingerprint density at radius 2 is 2.40 bits per heavy atom. The van der Waals surface area contributed by atoms with Gasteiger partial charge in [-0.25, -0.2) is 5.43 Å². The molecule has 0 aromatic carbocycles. The van der Waals surface area contributed by atoms with Gasteiger partial charge in [-0.15, -0.1) is 0 Å². The van der Waals surface area contributed by atoms with Crippen molar-refractivity contribution in [2.75, 3.05) is 20.3 Å². The van der Waals surface area contributed by atoms with Crippen molar-refractivity contribution >= 4 is 24.6 Å². The normalized spacial score (nSPS) is 10.8. The summed E-state index contributed by atoms with van der Waals surface area (Å²) in [5.41, 5.74) is 4.84. The molecule has 1 amide bonds. The van der Waals surface area contributed by atoms with Crippen LogP contribution in [0.15, 0.2) is 0 Å². The van der Waals surface area contributed by atoms with E-state index in [1.165, 1.54) is 0 Å². The molecule has 0 bridgehead atoms. The number of hydrogen-bond donors (Lipinski definition) is 2. The Hall–Kier alpha value is -0.0900. The lowest BCUT2D eigenvalue weighted by Crippen LogP contribution is -2.36. The van der Waals surface area contributed by atoms with Gasteiger partial charge in [0.05, 0.1) is 0 Å². The Morgan fingerprint density at radius 3 is 2.80 bits per heavy atom. The van der Waals surface area contributed by atoms with Gasteiger partial charge < -0.3 is 0 Å². The molecule has 0 aliphatic rings. The van der Waals surface area contributed by atoms with Gasteiger partial charge in [0.2, 0.25) is 0 Å². The van der Waals surface area contributed by atoms with Gasteiger partial charge in [-0.3, -0.25) is 10.2 Å². The van der Waals surface area contributed by atoms with Crippen molar-refractivity contribution in [1.82, 2.24) is 10.9 Å². The minimum Gasteiger partial charge on any atom is -0.290 e. The first kappa shape index (κ1) is 9.91. The second kappa shape index (κ2) is 5.68. The molecule has 0 aliphatic heterocycles. The molecule has 1 atom stereocenters. The number of nitrogens with one attached hydrogen (secondary N) is 2. The fourth-order valence-electron chi connectivity index (χ4n) is 0.325. The van der Waals surface area contributed by atoms with E-state index in [0.29, 0.717) is 0 Å². The number of hydrogen-bond acceptors (Lipinski definition) is 4. The molecule has 10 heavy (non-hydrogen) atoms. The number of amides is 1. The highest BCUT2D eigenvalue weighted by Gasteiger charge is 2.06.